The van der Waals surface area contributed by atoms with Gasteiger partial charge in [-0.2, -0.15) is 0 Å². The number of benzene rings is 1. The molecule has 2 rings (SSSR count). The van der Waals surface area contributed by atoms with Crippen molar-refractivity contribution in [3.8, 4) is 0 Å². The zero-order valence-corrected chi connectivity index (χ0v) is 9.96. The lowest BCUT2D eigenvalue weighted by Gasteiger charge is -2.27. The minimum Gasteiger partial charge on any atom is -0.390 e. The molecule has 1 aliphatic rings. The molecule has 0 radical (unpaired) electrons. The fourth-order valence-corrected chi connectivity index (χ4v) is 2.21. The van der Waals surface area contributed by atoms with Crippen molar-refractivity contribution in [2.45, 2.75) is 0 Å². The summed E-state index contributed by atoms with van der Waals surface area (Å²) >= 11 is 2.99. The number of ether oxygens (including phenoxy) is 1. The maximum atomic E-state index is 13.6. The van der Waals surface area contributed by atoms with Gasteiger partial charge in [0.05, 0.1) is 5.69 Å². The van der Waals surface area contributed by atoms with Gasteiger partial charge >= 0.3 is 11.9 Å². The van der Waals surface area contributed by atoms with Crippen LogP contribution in [0.25, 0.3) is 0 Å². The molecular weight excluding hydrogens is 300 g/mol. The van der Waals surface area contributed by atoms with Gasteiger partial charge in [-0.05, 0) is 22.0 Å². The number of hydrogen-bond donors (Lipinski definition) is 0. The Bertz CT molecular complexity index is 467. The van der Waals surface area contributed by atoms with Gasteiger partial charge in [-0.3, -0.25) is 0 Å². The molecule has 0 N–H and O–H groups in total. The summed E-state index contributed by atoms with van der Waals surface area (Å²) in [5.41, 5.74) is -0.0311. The SMILES string of the molecule is O=C1CN(c2c(F)cc(F)cc2Br)CC(=O)O1. The van der Waals surface area contributed by atoms with E-state index in [4.69, 9.17) is 0 Å². The number of morpholine rings is 1. The molecule has 7 heteroatoms. The summed E-state index contributed by atoms with van der Waals surface area (Å²) in [5.74, 6) is -3.13. The van der Waals surface area contributed by atoms with E-state index in [0.29, 0.717) is 6.07 Å². The van der Waals surface area contributed by atoms with Crippen LogP contribution in [0.2, 0.25) is 0 Å². The lowest BCUT2D eigenvalue weighted by atomic mass is 10.2. The number of carbonyl (C=O) groups excluding carboxylic acids is 2. The molecule has 1 aliphatic heterocycles. The third kappa shape index (κ3) is 2.44. The number of hydrogen-bond acceptors (Lipinski definition) is 4. The molecule has 0 saturated carbocycles. The summed E-state index contributed by atoms with van der Waals surface area (Å²) in [5, 5.41) is 0. The van der Waals surface area contributed by atoms with E-state index in [-0.39, 0.29) is 23.2 Å². The van der Waals surface area contributed by atoms with Crippen molar-refractivity contribution >= 4 is 33.6 Å². The first-order valence-electron chi connectivity index (χ1n) is 4.60. The summed E-state index contributed by atoms with van der Waals surface area (Å²) < 4.78 is 30.9. The monoisotopic (exact) mass is 305 g/mol. The van der Waals surface area contributed by atoms with Crippen LogP contribution < -0.4 is 4.90 Å². The van der Waals surface area contributed by atoms with Crippen LogP contribution in [0.4, 0.5) is 14.5 Å². The lowest BCUT2D eigenvalue weighted by Crippen LogP contribution is -2.43. The first kappa shape index (κ1) is 12.0. The summed E-state index contributed by atoms with van der Waals surface area (Å²) in [6.07, 6.45) is 0. The van der Waals surface area contributed by atoms with E-state index in [2.05, 4.69) is 20.7 Å². The molecule has 0 atom stereocenters. The van der Waals surface area contributed by atoms with Crippen LogP contribution in [0.1, 0.15) is 0 Å². The van der Waals surface area contributed by atoms with Gasteiger partial charge in [-0.15, -0.1) is 0 Å². The Balaban J connectivity index is 2.40. The van der Waals surface area contributed by atoms with Crippen molar-refractivity contribution < 1.29 is 23.1 Å². The maximum Gasteiger partial charge on any atom is 0.333 e. The predicted molar refractivity (Wildman–Crippen MR) is 57.4 cm³/mol. The predicted octanol–water partition coefficient (Wildman–Crippen LogP) is 1.62. The smallest absolute Gasteiger partial charge is 0.333 e. The van der Waals surface area contributed by atoms with E-state index in [1.165, 1.54) is 4.90 Å². The number of anilines is 1. The molecule has 1 aromatic carbocycles. The van der Waals surface area contributed by atoms with Crippen LogP contribution in [0.3, 0.4) is 0 Å². The highest BCUT2D eigenvalue weighted by atomic mass is 79.9. The summed E-state index contributed by atoms with van der Waals surface area (Å²) in [6, 6.07) is 1.74. The van der Waals surface area contributed by atoms with Crippen LogP contribution in [-0.2, 0) is 14.3 Å². The Morgan fingerprint density at radius 1 is 1.18 bits per heavy atom. The van der Waals surface area contributed by atoms with Crippen LogP contribution in [0, 0.1) is 11.6 Å². The largest absolute Gasteiger partial charge is 0.390 e. The quantitative estimate of drug-likeness (QED) is 0.584. The molecule has 0 unspecified atom stereocenters. The van der Waals surface area contributed by atoms with Crippen LogP contribution >= 0.6 is 15.9 Å². The van der Waals surface area contributed by atoms with Gasteiger partial charge in [0.1, 0.15) is 18.9 Å². The van der Waals surface area contributed by atoms with Crippen LogP contribution in [0.5, 0.6) is 0 Å². The second kappa shape index (κ2) is 4.40. The number of halogens is 3. The van der Waals surface area contributed by atoms with Crippen LogP contribution in [-0.4, -0.2) is 25.0 Å². The first-order chi connectivity index (χ1) is 7.97. The lowest BCUT2D eigenvalue weighted by molar-refractivity contribution is -0.160. The third-order valence-corrected chi connectivity index (χ3v) is 2.77. The summed E-state index contributed by atoms with van der Waals surface area (Å²) in [7, 11) is 0. The number of carbonyl (C=O) groups is 2. The van der Waals surface area contributed by atoms with Crippen molar-refractivity contribution in [2.75, 3.05) is 18.0 Å². The first-order valence-corrected chi connectivity index (χ1v) is 5.39. The second-order valence-corrected chi connectivity index (χ2v) is 4.27. The molecule has 0 amide bonds. The van der Waals surface area contributed by atoms with E-state index in [1.54, 1.807) is 0 Å². The van der Waals surface area contributed by atoms with Gasteiger partial charge in [0.25, 0.3) is 0 Å². The fourth-order valence-electron chi connectivity index (χ4n) is 1.55. The van der Waals surface area contributed by atoms with E-state index >= 15 is 0 Å². The highest BCUT2D eigenvalue weighted by molar-refractivity contribution is 9.10. The molecule has 1 fully saturated rings. The van der Waals surface area contributed by atoms with Gasteiger partial charge in [0, 0.05) is 10.5 Å². The fraction of sp³-hybridized carbons (Fsp3) is 0.200. The zero-order valence-electron chi connectivity index (χ0n) is 8.37. The molecule has 4 nitrogen and oxygen atoms in total. The Morgan fingerprint density at radius 2 is 1.76 bits per heavy atom. The minimum absolute atomic E-state index is 0.0311. The normalized spacial score (nSPS) is 16.1. The van der Waals surface area contributed by atoms with Crippen LogP contribution in [0.15, 0.2) is 16.6 Å². The van der Waals surface area contributed by atoms with Crippen molar-refractivity contribution in [1.29, 1.82) is 0 Å². The molecule has 90 valence electrons. The van der Waals surface area contributed by atoms with Crippen molar-refractivity contribution in [3.63, 3.8) is 0 Å². The van der Waals surface area contributed by atoms with E-state index in [1.807, 2.05) is 0 Å². The number of cyclic esters (lactones) is 2. The zero-order chi connectivity index (χ0) is 12.6. The molecule has 0 aromatic heterocycles. The molecule has 17 heavy (non-hydrogen) atoms. The molecule has 1 heterocycles. The number of rotatable bonds is 1. The average molecular weight is 306 g/mol. The Morgan fingerprint density at radius 3 is 2.29 bits per heavy atom. The molecular formula is C10H6BrF2NO3. The second-order valence-electron chi connectivity index (χ2n) is 3.42. The molecule has 1 saturated heterocycles. The van der Waals surface area contributed by atoms with E-state index < -0.39 is 23.6 Å². The van der Waals surface area contributed by atoms with Gasteiger partial charge in [-0.25, -0.2) is 18.4 Å². The molecule has 1 aromatic rings. The number of esters is 2. The van der Waals surface area contributed by atoms with Crippen molar-refractivity contribution in [2.24, 2.45) is 0 Å². The Hall–Kier alpha value is -1.50. The van der Waals surface area contributed by atoms with Crippen molar-refractivity contribution in [3.05, 3.63) is 28.2 Å². The topological polar surface area (TPSA) is 46.6 Å². The van der Waals surface area contributed by atoms with E-state index in [9.17, 15) is 18.4 Å². The highest BCUT2D eigenvalue weighted by Gasteiger charge is 2.28. The Labute approximate surface area is 103 Å². The Kier molecular flexibility index (Phi) is 3.10. The van der Waals surface area contributed by atoms with Gasteiger partial charge in [0.2, 0.25) is 0 Å². The standard InChI is InChI=1S/C10H6BrF2NO3/c11-6-1-5(12)2-7(13)10(6)14-3-8(15)17-9(16)4-14/h1-2H,3-4H2. The third-order valence-electron chi connectivity index (χ3n) is 2.17. The maximum absolute atomic E-state index is 13.6. The van der Waals surface area contributed by atoms with Gasteiger partial charge in [-0.1, -0.05) is 0 Å². The van der Waals surface area contributed by atoms with Gasteiger partial charge in [0.15, 0.2) is 5.82 Å². The molecule has 0 spiro atoms. The van der Waals surface area contributed by atoms with E-state index in [0.717, 1.165) is 6.07 Å². The molecule has 0 aliphatic carbocycles. The summed E-state index contributed by atoms with van der Waals surface area (Å²) in [6.45, 7) is -0.514. The molecule has 0 bridgehead atoms. The minimum atomic E-state index is -0.848. The highest BCUT2D eigenvalue weighted by Crippen LogP contribution is 2.31. The van der Waals surface area contributed by atoms with Crippen molar-refractivity contribution in [1.82, 2.24) is 0 Å². The van der Waals surface area contributed by atoms with Gasteiger partial charge < -0.3 is 9.64 Å². The summed E-state index contributed by atoms with van der Waals surface area (Å²) in [4.78, 5) is 23.3. The average Bonchev–Trinajstić information content (AvgIpc) is 2.13. The number of nitrogens with zero attached hydrogens (tertiary/aromatic N) is 1.